The highest BCUT2D eigenvalue weighted by Crippen LogP contribution is 2.17. The number of piperazine rings is 1. The van der Waals surface area contributed by atoms with Gasteiger partial charge in [-0.1, -0.05) is 12.1 Å². The van der Waals surface area contributed by atoms with Crippen LogP contribution in [0.1, 0.15) is 22.8 Å². The van der Waals surface area contributed by atoms with Crippen LogP contribution in [0.2, 0.25) is 0 Å². The first-order chi connectivity index (χ1) is 14.6. The number of aliphatic imine (C=N–C) groups is 1. The van der Waals surface area contributed by atoms with Gasteiger partial charge in [-0.3, -0.25) is 9.79 Å². The van der Waals surface area contributed by atoms with Crippen molar-refractivity contribution in [3.05, 3.63) is 59.7 Å². The summed E-state index contributed by atoms with van der Waals surface area (Å²) in [6, 6.07) is 14.8. The number of phenols is 1. The summed E-state index contributed by atoms with van der Waals surface area (Å²) in [6.45, 7) is 9.65. The molecule has 3 rings (SSSR count). The maximum absolute atomic E-state index is 12.2. The average Bonchev–Trinajstić information content (AvgIpc) is 2.76. The Balaban J connectivity index is 1.49. The standard InChI is InChI=1S/C23H31N5O2/c1-3-24-23(26-12-11-25-22(30)19-7-9-21(29)10-8-19)28-15-13-27(14-16-28)20-6-4-5-18(2)17-20/h4-10,17,29H,3,11-16H2,1-2H3,(H,24,26)(H,25,30). The van der Waals surface area contributed by atoms with E-state index in [1.165, 1.54) is 23.4 Å². The lowest BCUT2D eigenvalue weighted by atomic mass is 10.2. The van der Waals surface area contributed by atoms with Crippen LogP contribution in [0.4, 0.5) is 5.69 Å². The van der Waals surface area contributed by atoms with E-state index in [0.29, 0.717) is 18.7 Å². The van der Waals surface area contributed by atoms with Crippen LogP contribution < -0.4 is 15.5 Å². The Hall–Kier alpha value is -3.22. The van der Waals surface area contributed by atoms with Gasteiger partial charge < -0.3 is 25.5 Å². The van der Waals surface area contributed by atoms with Gasteiger partial charge in [-0.05, 0) is 55.8 Å². The van der Waals surface area contributed by atoms with Gasteiger partial charge in [-0.15, -0.1) is 0 Å². The Labute approximate surface area is 178 Å². The van der Waals surface area contributed by atoms with E-state index in [-0.39, 0.29) is 11.7 Å². The zero-order valence-corrected chi connectivity index (χ0v) is 17.8. The van der Waals surface area contributed by atoms with Gasteiger partial charge in [0.1, 0.15) is 5.75 Å². The molecule has 7 heteroatoms. The Bertz CT molecular complexity index is 858. The predicted molar refractivity (Wildman–Crippen MR) is 121 cm³/mol. The minimum atomic E-state index is -0.165. The van der Waals surface area contributed by atoms with Crippen molar-refractivity contribution in [2.45, 2.75) is 13.8 Å². The molecule has 1 aliphatic heterocycles. The molecule has 0 spiro atoms. The largest absolute Gasteiger partial charge is 0.508 e. The Morgan fingerprint density at radius 1 is 1.07 bits per heavy atom. The predicted octanol–water partition coefficient (Wildman–Crippen LogP) is 2.22. The van der Waals surface area contributed by atoms with Crippen LogP contribution >= 0.6 is 0 Å². The number of benzene rings is 2. The number of phenolic OH excluding ortho intramolecular Hbond substituents is 1. The summed E-state index contributed by atoms with van der Waals surface area (Å²) in [5.41, 5.74) is 3.07. The third-order valence-corrected chi connectivity index (χ3v) is 5.07. The first kappa shape index (κ1) is 21.5. The molecule has 1 heterocycles. The molecule has 0 unspecified atom stereocenters. The van der Waals surface area contributed by atoms with Crippen molar-refractivity contribution in [2.75, 3.05) is 50.7 Å². The lowest BCUT2D eigenvalue weighted by Crippen LogP contribution is -2.52. The van der Waals surface area contributed by atoms with Gasteiger partial charge in [-0.2, -0.15) is 0 Å². The van der Waals surface area contributed by atoms with Gasteiger partial charge in [0.2, 0.25) is 0 Å². The number of hydrogen-bond donors (Lipinski definition) is 3. The molecule has 0 atom stereocenters. The fraction of sp³-hybridized carbons (Fsp3) is 0.391. The second-order valence-electron chi connectivity index (χ2n) is 7.35. The van der Waals surface area contributed by atoms with Crippen LogP contribution in [0.5, 0.6) is 5.75 Å². The number of carbonyl (C=O) groups is 1. The van der Waals surface area contributed by atoms with E-state index in [0.717, 1.165) is 38.7 Å². The molecule has 0 aromatic heterocycles. The third kappa shape index (κ3) is 5.89. The molecule has 0 radical (unpaired) electrons. The minimum absolute atomic E-state index is 0.147. The maximum atomic E-state index is 12.2. The molecule has 1 aliphatic rings. The molecule has 2 aromatic carbocycles. The van der Waals surface area contributed by atoms with Crippen molar-refractivity contribution in [1.29, 1.82) is 0 Å². The molecule has 3 N–H and O–H groups in total. The van der Waals surface area contributed by atoms with Crippen LogP contribution in [0.3, 0.4) is 0 Å². The Kier molecular flexibility index (Phi) is 7.54. The number of aromatic hydroxyl groups is 1. The van der Waals surface area contributed by atoms with E-state index in [1.807, 2.05) is 0 Å². The zero-order valence-electron chi connectivity index (χ0n) is 17.8. The number of nitrogens with zero attached hydrogens (tertiary/aromatic N) is 3. The molecule has 0 bridgehead atoms. The molecule has 1 amide bonds. The third-order valence-electron chi connectivity index (χ3n) is 5.07. The molecular weight excluding hydrogens is 378 g/mol. The van der Waals surface area contributed by atoms with Crippen molar-refractivity contribution in [3.63, 3.8) is 0 Å². The number of hydrogen-bond acceptors (Lipinski definition) is 4. The Morgan fingerprint density at radius 2 is 1.80 bits per heavy atom. The summed E-state index contributed by atoms with van der Waals surface area (Å²) < 4.78 is 0. The maximum Gasteiger partial charge on any atom is 0.251 e. The number of anilines is 1. The quantitative estimate of drug-likeness (QED) is 0.387. The molecule has 7 nitrogen and oxygen atoms in total. The van der Waals surface area contributed by atoms with Crippen molar-refractivity contribution in [3.8, 4) is 5.75 Å². The van der Waals surface area contributed by atoms with Gasteiger partial charge in [0, 0.05) is 50.5 Å². The Morgan fingerprint density at radius 3 is 2.47 bits per heavy atom. The van der Waals surface area contributed by atoms with Gasteiger partial charge in [0.05, 0.1) is 6.54 Å². The number of amides is 1. The summed E-state index contributed by atoms with van der Waals surface area (Å²) in [4.78, 5) is 21.5. The van der Waals surface area contributed by atoms with E-state index < -0.39 is 0 Å². The molecule has 1 fully saturated rings. The van der Waals surface area contributed by atoms with E-state index in [4.69, 9.17) is 0 Å². The highest BCUT2D eigenvalue weighted by molar-refractivity contribution is 5.94. The van der Waals surface area contributed by atoms with Crippen LogP contribution in [0.25, 0.3) is 0 Å². The first-order valence-electron chi connectivity index (χ1n) is 10.5. The lowest BCUT2D eigenvalue weighted by molar-refractivity contribution is 0.0954. The topological polar surface area (TPSA) is 80.2 Å². The molecule has 1 saturated heterocycles. The SMILES string of the molecule is CCNC(=NCCNC(=O)c1ccc(O)cc1)N1CCN(c2cccc(C)c2)CC1. The second-order valence-corrected chi connectivity index (χ2v) is 7.35. The van der Waals surface area contributed by atoms with Gasteiger partial charge in [0.15, 0.2) is 5.96 Å². The van der Waals surface area contributed by atoms with Crippen LogP contribution in [0, 0.1) is 6.92 Å². The molecule has 0 saturated carbocycles. The summed E-state index contributed by atoms with van der Waals surface area (Å²) >= 11 is 0. The molecule has 0 aliphatic carbocycles. The minimum Gasteiger partial charge on any atom is -0.508 e. The number of rotatable bonds is 6. The van der Waals surface area contributed by atoms with Crippen LogP contribution in [-0.2, 0) is 0 Å². The smallest absolute Gasteiger partial charge is 0.251 e. The van der Waals surface area contributed by atoms with Gasteiger partial charge in [0.25, 0.3) is 5.91 Å². The monoisotopic (exact) mass is 409 g/mol. The summed E-state index contributed by atoms with van der Waals surface area (Å²) in [7, 11) is 0. The summed E-state index contributed by atoms with van der Waals surface area (Å²) in [5, 5.41) is 15.5. The molecule has 30 heavy (non-hydrogen) atoms. The average molecular weight is 410 g/mol. The second kappa shape index (κ2) is 10.5. The molecule has 2 aromatic rings. The van der Waals surface area contributed by atoms with Crippen molar-refractivity contribution in [1.82, 2.24) is 15.5 Å². The number of aryl methyl sites for hydroxylation is 1. The van der Waals surface area contributed by atoms with E-state index in [1.54, 1.807) is 12.1 Å². The highest BCUT2D eigenvalue weighted by atomic mass is 16.3. The highest BCUT2D eigenvalue weighted by Gasteiger charge is 2.19. The summed E-state index contributed by atoms with van der Waals surface area (Å²) in [6.07, 6.45) is 0. The number of guanidine groups is 1. The van der Waals surface area contributed by atoms with Gasteiger partial charge >= 0.3 is 0 Å². The van der Waals surface area contributed by atoms with E-state index >= 15 is 0 Å². The van der Waals surface area contributed by atoms with Crippen LogP contribution in [0.15, 0.2) is 53.5 Å². The number of nitrogens with one attached hydrogen (secondary N) is 2. The fourth-order valence-corrected chi connectivity index (χ4v) is 3.47. The lowest BCUT2D eigenvalue weighted by Gasteiger charge is -2.37. The normalized spacial score (nSPS) is 14.5. The molecule has 160 valence electrons. The van der Waals surface area contributed by atoms with Crippen LogP contribution in [-0.4, -0.2) is 67.7 Å². The van der Waals surface area contributed by atoms with Gasteiger partial charge in [-0.25, -0.2) is 0 Å². The fourth-order valence-electron chi connectivity index (χ4n) is 3.47. The van der Waals surface area contributed by atoms with Crippen molar-refractivity contribution in [2.24, 2.45) is 4.99 Å². The first-order valence-corrected chi connectivity index (χ1v) is 10.5. The summed E-state index contributed by atoms with van der Waals surface area (Å²) in [5.74, 6) is 0.871. The van der Waals surface area contributed by atoms with E-state index in [9.17, 15) is 9.90 Å². The van der Waals surface area contributed by atoms with E-state index in [2.05, 4.69) is 63.5 Å². The van der Waals surface area contributed by atoms with Crippen molar-refractivity contribution < 1.29 is 9.90 Å². The van der Waals surface area contributed by atoms with Crippen molar-refractivity contribution >= 4 is 17.6 Å². The zero-order chi connectivity index (χ0) is 21.3. The number of carbonyl (C=O) groups excluding carboxylic acids is 1. The molecular formula is C23H31N5O2.